The summed E-state index contributed by atoms with van der Waals surface area (Å²) in [4.78, 5) is 33.0. The molecule has 0 aliphatic rings. The number of ether oxygens (including phenoxy) is 1. The van der Waals surface area contributed by atoms with E-state index in [-0.39, 0.29) is 13.2 Å². The van der Waals surface area contributed by atoms with Crippen LogP contribution in [0.4, 0.5) is 4.79 Å². The summed E-state index contributed by atoms with van der Waals surface area (Å²) in [5.41, 5.74) is -1.19. The van der Waals surface area contributed by atoms with Crippen molar-refractivity contribution in [1.29, 1.82) is 0 Å². The predicted molar refractivity (Wildman–Crippen MR) is 59.5 cm³/mol. The highest BCUT2D eigenvalue weighted by Gasteiger charge is 2.31. The molecule has 0 fully saturated rings. The number of carboxylic acids is 1. The van der Waals surface area contributed by atoms with E-state index >= 15 is 0 Å². The average Bonchev–Trinajstić information content (AvgIpc) is 2.25. The zero-order valence-corrected chi connectivity index (χ0v) is 10.2. The molecule has 0 aromatic rings. The number of carbonyl (C=O) groups is 3. The fraction of sp³-hybridized carbons (Fsp3) is 0.700. The summed E-state index contributed by atoms with van der Waals surface area (Å²) in [6, 6.07) is 0. The lowest BCUT2D eigenvalue weighted by Gasteiger charge is -2.24. The molecule has 0 aromatic carbocycles. The Morgan fingerprint density at radius 3 is 2.29 bits per heavy atom. The Kier molecular flexibility index (Phi) is 6.19. The minimum Gasteiger partial charge on any atom is -0.480 e. The maximum Gasteiger partial charge on any atom is 0.413 e. The molecule has 7 heteroatoms. The van der Waals surface area contributed by atoms with Crippen LogP contribution in [0.1, 0.15) is 27.2 Å². The lowest BCUT2D eigenvalue weighted by molar-refractivity contribution is -0.144. The number of hydrogen-bond acceptors (Lipinski definition) is 5. The number of rotatable bonds is 6. The zero-order valence-electron chi connectivity index (χ0n) is 10.2. The number of nitrogens with one attached hydrogen (secondary N) is 2. The van der Waals surface area contributed by atoms with Crippen LogP contribution in [0.15, 0.2) is 0 Å². The summed E-state index contributed by atoms with van der Waals surface area (Å²) in [5, 5.41) is 13.5. The van der Waals surface area contributed by atoms with Crippen LogP contribution < -0.4 is 10.6 Å². The Labute approximate surface area is 99.5 Å². The van der Waals surface area contributed by atoms with Gasteiger partial charge in [-0.1, -0.05) is 6.92 Å². The zero-order chi connectivity index (χ0) is 13.5. The van der Waals surface area contributed by atoms with Gasteiger partial charge in [-0.2, -0.15) is 0 Å². The lowest BCUT2D eigenvalue weighted by Crippen LogP contribution is -2.52. The Hall–Kier alpha value is -1.63. The maximum atomic E-state index is 11.2. The van der Waals surface area contributed by atoms with Gasteiger partial charge in [0.15, 0.2) is 0 Å². The van der Waals surface area contributed by atoms with Crippen molar-refractivity contribution < 1.29 is 24.2 Å². The number of amides is 2. The molecule has 7 nitrogen and oxygen atoms in total. The Balaban J connectivity index is 4.15. The molecule has 0 aromatic heterocycles. The molecular weight excluding hydrogens is 228 g/mol. The standard InChI is InChI=1S/C10H18N2O5/c1-4-10(3,8(14)15)11-6-7(13)12-9(16)17-5-2/h11H,4-6H2,1-3H3,(H,14,15)(H,12,13,16). The van der Waals surface area contributed by atoms with Gasteiger partial charge in [0.1, 0.15) is 5.54 Å². The van der Waals surface area contributed by atoms with Gasteiger partial charge in [0.2, 0.25) is 5.91 Å². The monoisotopic (exact) mass is 246 g/mol. The molecule has 3 N–H and O–H groups in total. The van der Waals surface area contributed by atoms with Gasteiger partial charge in [0, 0.05) is 0 Å². The van der Waals surface area contributed by atoms with Gasteiger partial charge < -0.3 is 9.84 Å². The molecule has 17 heavy (non-hydrogen) atoms. The van der Waals surface area contributed by atoms with Crippen molar-refractivity contribution in [2.75, 3.05) is 13.2 Å². The van der Waals surface area contributed by atoms with E-state index in [1.165, 1.54) is 6.92 Å². The van der Waals surface area contributed by atoms with Gasteiger partial charge in [-0.3, -0.25) is 20.2 Å². The smallest absolute Gasteiger partial charge is 0.413 e. The van der Waals surface area contributed by atoms with E-state index in [2.05, 4.69) is 10.1 Å². The lowest BCUT2D eigenvalue weighted by atomic mass is 9.99. The van der Waals surface area contributed by atoms with E-state index in [1.807, 2.05) is 5.32 Å². The SMILES string of the molecule is CCOC(=O)NC(=O)CNC(C)(CC)C(=O)O. The summed E-state index contributed by atoms with van der Waals surface area (Å²) < 4.78 is 4.50. The molecule has 1 unspecified atom stereocenters. The van der Waals surface area contributed by atoms with Gasteiger partial charge >= 0.3 is 12.1 Å². The second-order valence-electron chi connectivity index (χ2n) is 3.61. The number of alkyl carbamates (subject to hydrolysis) is 1. The minimum absolute atomic E-state index is 0.161. The molecule has 0 bridgehead atoms. The number of carboxylic acid groups (broad SMARTS) is 1. The maximum absolute atomic E-state index is 11.2. The summed E-state index contributed by atoms with van der Waals surface area (Å²) >= 11 is 0. The van der Waals surface area contributed by atoms with E-state index in [4.69, 9.17) is 5.11 Å². The second-order valence-corrected chi connectivity index (χ2v) is 3.61. The number of aliphatic carboxylic acids is 1. The number of hydrogen-bond donors (Lipinski definition) is 3. The van der Waals surface area contributed by atoms with Crippen LogP contribution in [-0.2, 0) is 14.3 Å². The fourth-order valence-electron chi connectivity index (χ4n) is 0.952. The molecule has 0 aliphatic carbocycles. The Morgan fingerprint density at radius 2 is 1.88 bits per heavy atom. The van der Waals surface area contributed by atoms with E-state index < -0.39 is 23.5 Å². The Morgan fingerprint density at radius 1 is 1.29 bits per heavy atom. The molecule has 98 valence electrons. The van der Waals surface area contributed by atoms with Crippen LogP contribution in [-0.4, -0.2) is 41.8 Å². The van der Waals surface area contributed by atoms with Crippen molar-refractivity contribution in [2.45, 2.75) is 32.7 Å². The van der Waals surface area contributed by atoms with Crippen molar-refractivity contribution in [3.8, 4) is 0 Å². The van der Waals surface area contributed by atoms with Gasteiger partial charge in [0.25, 0.3) is 0 Å². The van der Waals surface area contributed by atoms with Crippen LogP contribution in [0.5, 0.6) is 0 Å². The minimum atomic E-state index is -1.19. The first-order chi connectivity index (χ1) is 7.85. The van der Waals surface area contributed by atoms with Crippen LogP contribution in [0, 0.1) is 0 Å². The van der Waals surface area contributed by atoms with Crippen LogP contribution in [0.3, 0.4) is 0 Å². The quantitative estimate of drug-likeness (QED) is 0.614. The highest BCUT2D eigenvalue weighted by atomic mass is 16.5. The third-order valence-electron chi connectivity index (χ3n) is 2.34. The van der Waals surface area contributed by atoms with Crippen molar-refractivity contribution in [1.82, 2.24) is 10.6 Å². The molecule has 0 saturated heterocycles. The first kappa shape index (κ1) is 15.4. The first-order valence-corrected chi connectivity index (χ1v) is 5.30. The highest BCUT2D eigenvalue weighted by molar-refractivity contribution is 5.93. The predicted octanol–water partition coefficient (Wildman–Crippen LogP) is 0.102. The van der Waals surface area contributed by atoms with E-state index in [0.29, 0.717) is 6.42 Å². The van der Waals surface area contributed by atoms with E-state index in [0.717, 1.165) is 0 Å². The topological polar surface area (TPSA) is 105 Å². The normalized spacial score (nSPS) is 13.6. The van der Waals surface area contributed by atoms with Gasteiger partial charge in [-0.25, -0.2) is 4.79 Å². The summed E-state index contributed by atoms with van der Waals surface area (Å²) in [7, 11) is 0. The summed E-state index contributed by atoms with van der Waals surface area (Å²) in [6.07, 6.45) is -0.525. The van der Waals surface area contributed by atoms with Crippen molar-refractivity contribution in [3.63, 3.8) is 0 Å². The molecule has 1 atom stereocenters. The van der Waals surface area contributed by atoms with Crippen LogP contribution in [0.25, 0.3) is 0 Å². The second kappa shape index (κ2) is 6.85. The fourth-order valence-corrected chi connectivity index (χ4v) is 0.952. The van der Waals surface area contributed by atoms with Crippen LogP contribution >= 0.6 is 0 Å². The van der Waals surface area contributed by atoms with Crippen molar-refractivity contribution in [3.05, 3.63) is 0 Å². The third-order valence-corrected chi connectivity index (χ3v) is 2.34. The number of carbonyl (C=O) groups excluding carboxylic acids is 2. The molecule has 0 spiro atoms. The molecule has 0 radical (unpaired) electrons. The Bertz CT molecular complexity index is 305. The molecular formula is C10H18N2O5. The molecule has 0 heterocycles. The highest BCUT2D eigenvalue weighted by Crippen LogP contribution is 2.08. The number of imide groups is 1. The van der Waals surface area contributed by atoms with E-state index in [1.54, 1.807) is 13.8 Å². The van der Waals surface area contributed by atoms with Crippen molar-refractivity contribution >= 4 is 18.0 Å². The van der Waals surface area contributed by atoms with Crippen molar-refractivity contribution in [2.24, 2.45) is 0 Å². The van der Waals surface area contributed by atoms with E-state index in [9.17, 15) is 14.4 Å². The first-order valence-electron chi connectivity index (χ1n) is 5.30. The average molecular weight is 246 g/mol. The van der Waals surface area contributed by atoms with Gasteiger partial charge in [-0.05, 0) is 20.3 Å². The van der Waals surface area contributed by atoms with Crippen LogP contribution in [0.2, 0.25) is 0 Å². The molecule has 0 aliphatic heterocycles. The van der Waals surface area contributed by atoms with Gasteiger partial charge in [0.05, 0.1) is 13.2 Å². The summed E-state index contributed by atoms with van der Waals surface area (Å²) in [5.74, 6) is -1.69. The molecule has 2 amide bonds. The molecule has 0 rings (SSSR count). The summed E-state index contributed by atoms with van der Waals surface area (Å²) in [6.45, 7) is 4.65. The van der Waals surface area contributed by atoms with Gasteiger partial charge in [-0.15, -0.1) is 0 Å². The molecule has 0 saturated carbocycles. The largest absolute Gasteiger partial charge is 0.480 e. The third kappa shape index (κ3) is 5.30.